The van der Waals surface area contributed by atoms with Crippen molar-refractivity contribution in [3.63, 3.8) is 0 Å². The lowest BCUT2D eigenvalue weighted by atomic mass is 9.99. The standard InChI is InChI=1S/C13H11F2N/c14-10-6-5-9(8-16)12(7-10)11-3-1-2-4-13(11)15/h1-7H,8,16H2. The first-order valence-corrected chi connectivity index (χ1v) is 4.96. The fraction of sp³-hybridized carbons (Fsp3) is 0.0769. The molecular formula is C13H11F2N. The van der Waals surface area contributed by atoms with Crippen molar-refractivity contribution < 1.29 is 8.78 Å². The predicted molar refractivity (Wildman–Crippen MR) is 59.7 cm³/mol. The second-order valence-corrected chi connectivity index (χ2v) is 3.49. The van der Waals surface area contributed by atoms with E-state index in [1.807, 2.05) is 0 Å². The summed E-state index contributed by atoms with van der Waals surface area (Å²) in [4.78, 5) is 0. The largest absolute Gasteiger partial charge is 0.326 e. The summed E-state index contributed by atoms with van der Waals surface area (Å²) in [6, 6.07) is 10.5. The molecular weight excluding hydrogens is 208 g/mol. The Morgan fingerprint density at radius 1 is 0.938 bits per heavy atom. The molecule has 0 aliphatic rings. The molecule has 2 rings (SSSR count). The molecule has 0 aliphatic carbocycles. The lowest BCUT2D eigenvalue weighted by Gasteiger charge is -2.08. The minimum Gasteiger partial charge on any atom is -0.326 e. The highest BCUT2D eigenvalue weighted by molar-refractivity contribution is 5.68. The second kappa shape index (κ2) is 4.41. The molecule has 16 heavy (non-hydrogen) atoms. The van der Waals surface area contributed by atoms with Crippen LogP contribution in [0.1, 0.15) is 5.56 Å². The van der Waals surface area contributed by atoms with Gasteiger partial charge in [-0.2, -0.15) is 0 Å². The molecule has 2 aromatic rings. The van der Waals surface area contributed by atoms with Crippen LogP contribution in [0.4, 0.5) is 8.78 Å². The topological polar surface area (TPSA) is 26.0 Å². The van der Waals surface area contributed by atoms with E-state index >= 15 is 0 Å². The lowest BCUT2D eigenvalue weighted by Crippen LogP contribution is -2.00. The first-order valence-electron chi connectivity index (χ1n) is 4.96. The van der Waals surface area contributed by atoms with Gasteiger partial charge in [-0.05, 0) is 29.3 Å². The van der Waals surface area contributed by atoms with Gasteiger partial charge < -0.3 is 5.73 Å². The highest BCUT2D eigenvalue weighted by Gasteiger charge is 2.09. The molecule has 2 N–H and O–H groups in total. The van der Waals surface area contributed by atoms with E-state index in [1.165, 1.54) is 18.2 Å². The molecule has 0 spiro atoms. The van der Waals surface area contributed by atoms with Crippen LogP contribution in [-0.2, 0) is 6.54 Å². The van der Waals surface area contributed by atoms with Crippen molar-refractivity contribution in [3.8, 4) is 11.1 Å². The summed E-state index contributed by atoms with van der Waals surface area (Å²) in [7, 11) is 0. The van der Waals surface area contributed by atoms with Gasteiger partial charge >= 0.3 is 0 Å². The van der Waals surface area contributed by atoms with Gasteiger partial charge in [0.1, 0.15) is 11.6 Å². The molecule has 0 fully saturated rings. The third kappa shape index (κ3) is 1.95. The van der Waals surface area contributed by atoms with Crippen molar-refractivity contribution in [1.29, 1.82) is 0 Å². The monoisotopic (exact) mass is 219 g/mol. The first kappa shape index (κ1) is 10.8. The van der Waals surface area contributed by atoms with Crippen LogP contribution in [0, 0.1) is 11.6 Å². The first-order chi connectivity index (χ1) is 7.72. The molecule has 0 saturated heterocycles. The molecule has 0 aromatic heterocycles. The van der Waals surface area contributed by atoms with E-state index in [-0.39, 0.29) is 12.4 Å². The molecule has 0 saturated carbocycles. The van der Waals surface area contributed by atoms with Crippen molar-refractivity contribution in [3.05, 3.63) is 59.7 Å². The smallest absolute Gasteiger partial charge is 0.131 e. The Morgan fingerprint density at radius 2 is 1.69 bits per heavy atom. The van der Waals surface area contributed by atoms with Gasteiger partial charge in [-0.1, -0.05) is 24.3 Å². The van der Waals surface area contributed by atoms with E-state index in [9.17, 15) is 8.78 Å². The van der Waals surface area contributed by atoms with Crippen LogP contribution < -0.4 is 5.73 Å². The average molecular weight is 219 g/mol. The zero-order valence-corrected chi connectivity index (χ0v) is 8.58. The van der Waals surface area contributed by atoms with Gasteiger partial charge in [-0.3, -0.25) is 0 Å². The minimum absolute atomic E-state index is 0.254. The quantitative estimate of drug-likeness (QED) is 0.825. The Kier molecular flexibility index (Phi) is 2.97. The Balaban J connectivity index is 2.63. The number of benzene rings is 2. The fourth-order valence-electron chi connectivity index (χ4n) is 1.66. The molecule has 0 unspecified atom stereocenters. The third-order valence-corrected chi connectivity index (χ3v) is 2.46. The molecule has 0 amide bonds. The van der Waals surface area contributed by atoms with Crippen molar-refractivity contribution in [1.82, 2.24) is 0 Å². The van der Waals surface area contributed by atoms with E-state index in [1.54, 1.807) is 24.3 Å². The molecule has 0 heterocycles. The summed E-state index contributed by atoms with van der Waals surface area (Å²) in [6.45, 7) is 0.254. The molecule has 82 valence electrons. The van der Waals surface area contributed by atoms with Crippen molar-refractivity contribution in [2.75, 3.05) is 0 Å². The van der Waals surface area contributed by atoms with Gasteiger partial charge in [-0.25, -0.2) is 8.78 Å². The second-order valence-electron chi connectivity index (χ2n) is 3.49. The number of halogens is 2. The minimum atomic E-state index is -0.393. The van der Waals surface area contributed by atoms with Crippen LogP contribution in [0.25, 0.3) is 11.1 Å². The van der Waals surface area contributed by atoms with E-state index in [4.69, 9.17) is 5.73 Å². The molecule has 2 aromatic carbocycles. The predicted octanol–water partition coefficient (Wildman–Crippen LogP) is 3.09. The normalized spacial score (nSPS) is 10.4. The zero-order valence-electron chi connectivity index (χ0n) is 8.58. The van der Waals surface area contributed by atoms with Crippen molar-refractivity contribution >= 4 is 0 Å². The lowest BCUT2D eigenvalue weighted by molar-refractivity contribution is 0.623. The van der Waals surface area contributed by atoms with Crippen LogP contribution in [0.5, 0.6) is 0 Å². The number of hydrogen-bond donors (Lipinski definition) is 1. The van der Waals surface area contributed by atoms with E-state index in [0.29, 0.717) is 11.1 Å². The number of rotatable bonds is 2. The Bertz CT molecular complexity index is 509. The van der Waals surface area contributed by atoms with Gasteiger partial charge in [-0.15, -0.1) is 0 Å². The van der Waals surface area contributed by atoms with Crippen LogP contribution >= 0.6 is 0 Å². The average Bonchev–Trinajstić information content (AvgIpc) is 2.29. The van der Waals surface area contributed by atoms with Gasteiger partial charge in [0.05, 0.1) is 0 Å². The number of hydrogen-bond acceptors (Lipinski definition) is 1. The van der Waals surface area contributed by atoms with Crippen LogP contribution in [0.15, 0.2) is 42.5 Å². The third-order valence-electron chi connectivity index (χ3n) is 2.46. The molecule has 1 nitrogen and oxygen atoms in total. The van der Waals surface area contributed by atoms with Gasteiger partial charge in [0.25, 0.3) is 0 Å². The molecule has 0 bridgehead atoms. The summed E-state index contributed by atoms with van der Waals surface area (Å²) < 4.78 is 26.7. The van der Waals surface area contributed by atoms with Gasteiger partial charge in [0.2, 0.25) is 0 Å². The van der Waals surface area contributed by atoms with E-state index in [2.05, 4.69) is 0 Å². The maximum atomic E-state index is 13.6. The van der Waals surface area contributed by atoms with Crippen molar-refractivity contribution in [2.45, 2.75) is 6.54 Å². The summed E-state index contributed by atoms with van der Waals surface area (Å²) in [5.41, 5.74) is 7.16. The summed E-state index contributed by atoms with van der Waals surface area (Å²) in [5.74, 6) is -0.766. The highest BCUT2D eigenvalue weighted by atomic mass is 19.1. The maximum absolute atomic E-state index is 13.6. The van der Waals surface area contributed by atoms with Gasteiger partial charge in [0, 0.05) is 12.1 Å². The Morgan fingerprint density at radius 3 is 2.38 bits per heavy atom. The summed E-state index contributed by atoms with van der Waals surface area (Å²) >= 11 is 0. The molecule has 0 radical (unpaired) electrons. The van der Waals surface area contributed by atoms with Crippen molar-refractivity contribution in [2.24, 2.45) is 5.73 Å². The Labute approximate surface area is 92.5 Å². The number of nitrogens with two attached hydrogens (primary N) is 1. The maximum Gasteiger partial charge on any atom is 0.131 e. The van der Waals surface area contributed by atoms with Crippen LogP contribution in [-0.4, -0.2) is 0 Å². The SMILES string of the molecule is NCc1ccc(F)cc1-c1ccccc1F. The van der Waals surface area contributed by atoms with Crippen LogP contribution in [0.2, 0.25) is 0 Å². The molecule has 0 atom stereocenters. The van der Waals surface area contributed by atoms with Gasteiger partial charge in [0.15, 0.2) is 0 Å². The van der Waals surface area contributed by atoms with Crippen LogP contribution in [0.3, 0.4) is 0 Å². The summed E-state index contributed by atoms with van der Waals surface area (Å²) in [6.07, 6.45) is 0. The zero-order chi connectivity index (χ0) is 11.5. The highest BCUT2D eigenvalue weighted by Crippen LogP contribution is 2.26. The van der Waals surface area contributed by atoms with E-state index < -0.39 is 5.82 Å². The Hall–Kier alpha value is -1.74. The van der Waals surface area contributed by atoms with E-state index in [0.717, 1.165) is 5.56 Å². The molecule has 0 aliphatic heterocycles. The molecule has 3 heteroatoms. The summed E-state index contributed by atoms with van der Waals surface area (Å²) in [5, 5.41) is 0. The fourth-order valence-corrected chi connectivity index (χ4v) is 1.66.